The SMILES string of the molecule is Cc1cccc(CCNC(=O)c2cc(Br)cn2C(C)C)c1. The van der Waals surface area contributed by atoms with Gasteiger partial charge < -0.3 is 9.88 Å². The van der Waals surface area contributed by atoms with Crippen molar-refractivity contribution in [1.29, 1.82) is 0 Å². The standard InChI is InChI=1S/C17H21BrN2O/c1-12(2)20-11-15(18)10-16(20)17(21)19-8-7-14-6-4-5-13(3)9-14/h4-6,9-12H,7-8H2,1-3H3,(H,19,21). The van der Waals surface area contributed by atoms with E-state index in [1.165, 1.54) is 11.1 Å². The van der Waals surface area contributed by atoms with Gasteiger partial charge in [0.25, 0.3) is 5.91 Å². The van der Waals surface area contributed by atoms with E-state index in [2.05, 4.69) is 60.2 Å². The molecule has 0 aliphatic heterocycles. The predicted molar refractivity (Wildman–Crippen MR) is 89.7 cm³/mol. The van der Waals surface area contributed by atoms with Gasteiger partial charge in [0.15, 0.2) is 0 Å². The number of carbonyl (C=O) groups is 1. The van der Waals surface area contributed by atoms with Crippen molar-refractivity contribution < 1.29 is 4.79 Å². The molecule has 0 aliphatic rings. The molecule has 1 aromatic carbocycles. The van der Waals surface area contributed by atoms with Crippen molar-refractivity contribution in [3.8, 4) is 0 Å². The minimum atomic E-state index is -0.0259. The van der Waals surface area contributed by atoms with Gasteiger partial charge in [-0.25, -0.2) is 0 Å². The molecule has 112 valence electrons. The van der Waals surface area contributed by atoms with Gasteiger partial charge in [0.1, 0.15) is 5.69 Å². The van der Waals surface area contributed by atoms with Gasteiger partial charge >= 0.3 is 0 Å². The Hall–Kier alpha value is -1.55. The minimum absolute atomic E-state index is 0.0259. The van der Waals surface area contributed by atoms with E-state index in [4.69, 9.17) is 0 Å². The van der Waals surface area contributed by atoms with Gasteiger partial charge in [-0.05, 0) is 54.8 Å². The minimum Gasteiger partial charge on any atom is -0.350 e. The Labute approximate surface area is 134 Å². The summed E-state index contributed by atoms with van der Waals surface area (Å²) in [6, 6.07) is 10.5. The van der Waals surface area contributed by atoms with Gasteiger partial charge in [-0.1, -0.05) is 29.8 Å². The first-order valence-corrected chi connectivity index (χ1v) is 7.98. The molecule has 1 N–H and O–H groups in total. The van der Waals surface area contributed by atoms with E-state index in [1.807, 2.05) is 22.9 Å². The van der Waals surface area contributed by atoms with Gasteiger partial charge in [0.05, 0.1) is 0 Å². The summed E-state index contributed by atoms with van der Waals surface area (Å²) in [6.07, 6.45) is 2.79. The summed E-state index contributed by atoms with van der Waals surface area (Å²) >= 11 is 3.43. The van der Waals surface area contributed by atoms with E-state index in [-0.39, 0.29) is 11.9 Å². The van der Waals surface area contributed by atoms with Crippen molar-refractivity contribution in [2.24, 2.45) is 0 Å². The zero-order valence-electron chi connectivity index (χ0n) is 12.7. The highest BCUT2D eigenvalue weighted by Gasteiger charge is 2.14. The highest BCUT2D eigenvalue weighted by Crippen LogP contribution is 2.19. The Morgan fingerprint density at radius 3 is 2.76 bits per heavy atom. The van der Waals surface area contributed by atoms with Crippen LogP contribution < -0.4 is 5.32 Å². The normalized spacial score (nSPS) is 10.9. The summed E-state index contributed by atoms with van der Waals surface area (Å²) in [6.45, 7) is 6.85. The van der Waals surface area contributed by atoms with Crippen molar-refractivity contribution in [2.45, 2.75) is 33.2 Å². The number of aromatic nitrogens is 1. The maximum absolute atomic E-state index is 12.3. The summed E-state index contributed by atoms with van der Waals surface area (Å²) in [7, 11) is 0. The second kappa shape index (κ2) is 6.94. The van der Waals surface area contributed by atoms with E-state index >= 15 is 0 Å². The van der Waals surface area contributed by atoms with Crippen LogP contribution in [-0.2, 0) is 6.42 Å². The quantitative estimate of drug-likeness (QED) is 0.866. The van der Waals surface area contributed by atoms with Crippen LogP contribution in [0.15, 0.2) is 41.0 Å². The van der Waals surface area contributed by atoms with Crippen molar-refractivity contribution in [2.75, 3.05) is 6.54 Å². The van der Waals surface area contributed by atoms with Crippen LogP contribution in [-0.4, -0.2) is 17.0 Å². The first-order valence-electron chi connectivity index (χ1n) is 7.18. The van der Waals surface area contributed by atoms with Gasteiger partial charge in [-0.3, -0.25) is 4.79 Å². The number of nitrogens with one attached hydrogen (secondary N) is 1. The lowest BCUT2D eigenvalue weighted by atomic mass is 10.1. The third-order valence-corrected chi connectivity index (χ3v) is 3.82. The Balaban J connectivity index is 1.96. The van der Waals surface area contributed by atoms with E-state index in [9.17, 15) is 4.79 Å². The van der Waals surface area contributed by atoms with Crippen molar-refractivity contribution >= 4 is 21.8 Å². The molecule has 0 spiro atoms. The molecule has 0 bridgehead atoms. The maximum Gasteiger partial charge on any atom is 0.267 e. The Morgan fingerprint density at radius 1 is 1.33 bits per heavy atom. The van der Waals surface area contributed by atoms with Crippen LogP contribution in [0.5, 0.6) is 0 Å². The van der Waals surface area contributed by atoms with Crippen LogP contribution in [0.4, 0.5) is 0 Å². The Morgan fingerprint density at radius 2 is 2.10 bits per heavy atom. The van der Waals surface area contributed by atoms with Gasteiger partial charge in [-0.15, -0.1) is 0 Å². The monoisotopic (exact) mass is 348 g/mol. The molecule has 0 saturated heterocycles. The molecule has 21 heavy (non-hydrogen) atoms. The first kappa shape index (κ1) is 15.8. The molecule has 0 saturated carbocycles. The third kappa shape index (κ3) is 4.21. The third-order valence-electron chi connectivity index (χ3n) is 3.39. The largest absolute Gasteiger partial charge is 0.350 e. The molecule has 2 rings (SSSR count). The van der Waals surface area contributed by atoms with Crippen molar-refractivity contribution in [3.05, 3.63) is 57.8 Å². The number of carbonyl (C=O) groups excluding carboxylic acids is 1. The van der Waals surface area contributed by atoms with Crippen molar-refractivity contribution in [3.63, 3.8) is 0 Å². The van der Waals surface area contributed by atoms with Gasteiger partial charge in [-0.2, -0.15) is 0 Å². The highest BCUT2D eigenvalue weighted by molar-refractivity contribution is 9.10. The Bertz CT molecular complexity index is 631. The smallest absolute Gasteiger partial charge is 0.267 e. The molecule has 0 radical (unpaired) electrons. The molecule has 2 aromatic rings. The molecule has 1 heterocycles. The average molecular weight is 349 g/mol. The van der Waals surface area contributed by atoms with Crippen LogP contribution in [0.2, 0.25) is 0 Å². The van der Waals surface area contributed by atoms with Crippen LogP contribution in [0.25, 0.3) is 0 Å². The summed E-state index contributed by atoms with van der Waals surface area (Å²) in [4.78, 5) is 12.3. The predicted octanol–water partition coefficient (Wildman–Crippen LogP) is 4.11. The second-order valence-corrected chi connectivity index (χ2v) is 6.46. The molecule has 3 nitrogen and oxygen atoms in total. The fourth-order valence-corrected chi connectivity index (χ4v) is 2.77. The number of hydrogen-bond donors (Lipinski definition) is 1. The number of benzene rings is 1. The van der Waals surface area contributed by atoms with E-state index in [0.717, 1.165) is 10.9 Å². The van der Waals surface area contributed by atoms with Crippen LogP contribution in [0.1, 0.15) is 41.5 Å². The van der Waals surface area contributed by atoms with E-state index in [0.29, 0.717) is 12.2 Å². The zero-order valence-corrected chi connectivity index (χ0v) is 14.3. The fraction of sp³-hybridized carbons (Fsp3) is 0.353. The molecule has 4 heteroatoms. The molecular weight excluding hydrogens is 328 g/mol. The number of amides is 1. The number of rotatable bonds is 5. The highest BCUT2D eigenvalue weighted by atomic mass is 79.9. The molecule has 1 amide bonds. The summed E-state index contributed by atoms with van der Waals surface area (Å²) in [5, 5.41) is 2.99. The van der Waals surface area contributed by atoms with Gasteiger partial charge in [0.2, 0.25) is 0 Å². The molecule has 1 aromatic heterocycles. The Kier molecular flexibility index (Phi) is 5.23. The molecule has 0 fully saturated rings. The summed E-state index contributed by atoms with van der Waals surface area (Å²) in [5.74, 6) is -0.0259. The number of hydrogen-bond acceptors (Lipinski definition) is 1. The first-order chi connectivity index (χ1) is 9.97. The fourth-order valence-electron chi connectivity index (χ4n) is 2.33. The lowest BCUT2D eigenvalue weighted by molar-refractivity contribution is 0.0943. The van der Waals surface area contributed by atoms with Gasteiger partial charge in [0, 0.05) is 23.3 Å². The number of halogens is 1. The number of nitrogens with zero attached hydrogens (tertiary/aromatic N) is 1. The zero-order chi connectivity index (χ0) is 15.4. The van der Waals surface area contributed by atoms with Crippen LogP contribution in [0.3, 0.4) is 0 Å². The lowest BCUT2D eigenvalue weighted by Gasteiger charge is -2.12. The summed E-state index contributed by atoms with van der Waals surface area (Å²) < 4.78 is 2.91. The van der Waals surface area contributed by atoms with E-state index < -0.39 is 0 Å². The molecular formula is C17H21BrN2O. The maximum atomic E-state index is 12.3. The molecule has 0 unspecified atom stereocenters. The average Bonchev–Trinajstić information content (AvgIpc) is 2.81. The van der Waals surface area contributed by atoms with E-state index in [1.54, 1.807) is 0 Å². The molecule has 0 atom stereocenters. The second-order valence-electron chi connectivity index (χ2n) is 5.54. The van der Waals surface area contributed by atoms with Crippen LogP contribution >= 0.6 is 15.9 Å². The molecule has 0 aliphatic carbocycles. The lowest BCUT2D eigenvalue weighted by Crippen LogP contribution is -2.28. The number of aryl methyl sites for hydroxylation is 1. The van der Waals surface area contributed by atoms with Crippen LogP contribution in [0, 0.1) is 6.92 Å². The topological polar surface area (TPSA) is 34.0 Å². The summed E-state index contributed by atoms with van der Waals surface area (Å²) in [5.41, 5.74) is 3.19. The van der Waals surface area contributed by atoms with Crippen molar-refractivity contribution in [1.82, 2.24) is 9.88 Å².